The maximum absolute atomic E-state index is 13.8. The number of hydrogen-bond donors (Lipinski definition) is 3. The first-order chi connectivity index (χ1) is 13.2. The molecule has 1 aromatic carbocycles. The molecule has 0 saturated carbocycles. The molecule has 2 aromatic rings. The molecule has 11 heteroatoms. The van der Waals surface area contributed by atoms with Crippen LogP contribution in [0.5, 0.6) is 5.88 Å². The molecule has 1 aromatic heterocycles. The van der Waals surface area contributed by atoms with Crippen molar-refractivity contribution in [2.45, 2.75) is 26.5 Å². The van der Waals surface area contributed by atoms with E-state index in [0.717, 1.165) is 12.1 Å². The monoisotopic (exact) mass is 415 g/mol. The third kappa shape index (κ3) is 5.32. The number of nitrogens with zero attached hydrogens (tertiary/aromatic N) is 2. The van der Waals surface area contributed by atoms with Crippen molar-refractivity contribution in [1.82, 2.24) is 14.9 Å². The molecular weight excluding hydrogens is 396 g/mol. The highest BCUT2D eigenvalue weighted by molar-refractivity contribution is 6.31. The van der Waals surface area contributed by atoms with E-state index >= 15 is 0 Å². The largest absolute Gasteiger partial charge is 0.471 e. The van der Waals surface area contributed by atoms with E-state index in [-0.39, 0.29) is 48.2 Å². The molecule has 0 radical (unpaired) electrons. The highest BCUT2D eigenvalue weighted by atomic mass is 35.5. The molecule has 8 nitrogen and oxygen atoms in total. The molecule has 1 heterocycles. The minimum Gasteiger partial charge on any atom is -0.471 e. The molecule has 0 unspecified atom stereocenters. The van der Waals surface area contributed by atoms with Gasteiger partial charge in [-0.15, -0.1) is 0 Å². The highest BCUT2D eigenvalue weighted by Crippen LogP contribution is 2.23. The molecule has 0 atom stereocenters. The minimum absolute atomic E-state index is 0.0764. The van der Waals surface area contributed by atoms with Gasteiger partial charge in [-0.05, 0) is 26.0 Å². The molecule has 152 valence electrons. The van der Waals surface area contributed by atoms with E-state index < -0.39 is 23.2 Å². The molecule has 4 N–H and O–H groups in total. The molecule has 0 saturated heterocycles. The lowest BCUT2D eigenvalue weighted by Crippen LogP contribution is -2.34. The number of carbonyl (C=O) groups excluding carboxylic acids is 1. The molecule has 2 amide bonds. The summed E-state index contributed by atoms with van der Waals surface area (Å²) in [6.45, 7) is 3.66. The van der Waals surface area contributed by atoms with Gasteiger partial charge in [-0.2, -0.15) is 4.98 Å². The van der Waals surface area contributed by atoms with Crippen LogP contribution in [0.3, 0.4) is 0 Å². The van der Waals surface area contributed by atoms with Gasteiger partial charge in [0.25, 0.3) is 5.56 Å². The van der Waals surface area contributed by atoms with Gasteiger partial charge >= 0.3 is 6.03 Å². The Balaban J connectivity index is 2.25. The second kappa shape index (κ2) is 9.36. The van der Waals surface area contributed by atoms with E-state index in [1.165, 1.54) is 10.6 Å². The molecule has 0 aliphatic rings. The smallest absolute Gasteiger partial charge is 0.312 e. The summed E-state index contributed by atoms with van der Waals surface area (Å²) in [5.74, 6) is -1.54. The number of benzene rings is 1. The number of nitrogens with two attached hydrogens (primary N) is 1. The normalized spacial score (nSPS) is 10.8. The Kier molecular flexibility index (Phi) is 7.16. The summed E-state index contributed by atoms with van der Waals surface area (Å²) in [5.41, 5.74) is 4.52. The quantitative estimate of drug-likeness (QED) is 0.573. The van der Waals surface area contributed by atoms with Crippen molar-refractivity contribution in [3.63, 3.8) is 0 Å². The fourth-order valence-electron chi connectivity index (χ4n) is 2.34. The maximum Gasteiger partial charge on any atom is 0.312 e. The third-order valence-corrected chi connectivity index (χ3v) is 3.96. The SMILES string of the molecule is CC(C)n1c(NCCNC(N)=O)nc(OCc2ccc(F)cc2F)c(Cl)c1=O. The van der Waals surface area contributed by atoms with Gasteiger partial charge < -0.3 is 21.1 Å². The molecule has 0 spiro atoms. The Morgan fingerprint density at radius 3 is 2.68 bits per heavy atom. The summed E-state index contributed by atoms with van der Waals surface area (Å²) >= 11 is 6.07. The van der Waals surface area contributed by atoms with Crippen molar-refractivity contribution < 1.29 is 18.3 Å². The van der Waals surface area contributed by atoms with Crippen LogP contribution in [0.25, 0.3) is 0 Å². The molecule has 0 bridgehead atoms. The number of rotatable bonds is 8. The third-order valence-electron chi connectivity index (χ3n) is 3.63. The van der Waals surface area contributed by atoms with Crippen LogP contribution in [-0.2, 0) is 6.61 Å². The number of aromatic nitrogens is 2. The number of carbonyl (C=O) groups is 1. The first kappa shape index (κ1) is 21.4. The van der Waals surface area contributed by atoms with Gasteiger partial charge in [-0.1, -0.05) is 11.6 Å². The first-order valence-electron chi connectivity index (χ1n) is 8.36. The number of primary amides is 1. The predicted octanol–water partition coefficient (Wildman–Crippen LogP) is 2.42. The number of amides is 2. The van der Waals surface area contributed by atoms with Crippen LogP contribution in [-0.4, -0.2) is 28.7 Å². The van der Waals surface area contributed by atoms with E-state index in [1.807, 2.05) is 0 Å². The summed E-state index contributed by atoms with van der Waals surface area (Å²) in [7, 11) is 0. The van der Waals surface area contributed by atoms with E-state index in [4.69, 9.17) is 22.1 Å². The van der Waals surface area contributed by atoms with Crippen LogP contribution in [0, 0.1) is 11.6 Å². The highest BCUT2D eigenvalue weighted by Gasteiger charge is 2.19. The molecular formula is C17H20ClF2N5O3. The van der Waals surface area contributed by atoms with Gasteiger partial charge in [0.1, 0.15) is 18.2 Å². The number of hydrogen-bond acceptors (Lipinski definition) is 5. The van der Waals surface area contributed by atoms with Gasteiger partial charge in [-0.25, -0.2) is 13.6 Å². The number of halogens is 3. The van der Waals surface area contributed by atoms with Crippen LogP contribution in [0.2, 0.25) is 5.02 Å². The molecule has 0 fully saturated rings. The van der Waals surface area contributed by atoms with Crippen LogP contribution in [0.4, 0.5) is 19.5 Å². The summed E-state index contributed by atoms with van der Waals surface area (Å²) in [6.07, 6.45) is 0. The van der Waals surface area contributed by atoms with Crippen molar-refractivity contribution in [1.29, 1.82) is 0 Å². The Bertz CT molecular complexity index is 920. The Labute approximate surface area is 164 Å². The fraction of sp³-hybridized carbons (Fsp3) is 0.353. The Morgan fingerprint density at radius 2 is 2.07 bits per heavy atom. The van der Waals surface area contributed by atoms with Crippen molar-refractivity contribution in [2.75, 3.05) is 18.4 Å². The molecule has 2 rings (SSSR count). The van der Waals surface area contributed by atoms with Gasteiger partial charge in [0.05, 0.1) is 0 Å². The lowest BCUT2D eigenvalue weighted by atomic mass is 10.2. The topological polar surface area (TPSA) is 111 Å². The van der Waals surface area contributed by atoms with Crippen LogP contribution < -0.4 is 26.7 Å². The van der Waals surface area contributed by atoms with Crippen LogP contribution >= 0.6 is 11.6 Å². The van der Waals surface area contributed by atoms with Crippen molar-refractivity contribution in [3.8, 4) is 5.88 Å². The first-order valence-corrected chi connectivity index (χ1v) is 8.74. The zero-order valence-electron chi connectivity index (χ0n) is 15.3. The summed E-state index contributed by atoms with van der Waals surface area (Å²) in [6, 6.07) is 2.09. The standard InChI is InChI=1S/C17H20ClF2N5O3/c1-9(2)25-15(26)13(18)14(24-17(25)23-6-5-22-16(21)27)28-8-10-3-4-11(19)7-12(10)20/h3-4,7,9H,5-6,8H2,1-2H3,(H,23,24)(H3,21,22,27). The van der Waals surface area contributed by atoms with Crippen molar-refractivity contribution in [2.24, 2.45) is 5.73 Å². The van der Waals surface area contributed by atoms with Gasteiger partial charge in [0.15, 0.2) is 5.02 Å². The zero-order valence-corrected chi connectivity index (χ0v) is 16.0. The van der Waals surface area contributed by atoms with E-state index in [0.29, 0.717) is 0 Å². The summed E-state index contributed by atoms with van der Waals surface area (Å²) in [5, 5.41) is 5.02. The van der Waals surface area contributed by atoms with E-state index in [9.17, 15) is 18.4 Å². The average molecular weight is 416 g/mol. The number of urea groups is 1. The second-order valence-electron chi connectivity index (χ2n) is 6.07. The van der Waals surface area contributed by atoms with Gasteiger partial charge in [0.2, 0.25) is 11.8 Å². The minimum atomic E-state index is -0.789. The second-order valence-corrected chi connectivity index (χ2v) is 6.44. The number of ether oxygens (including phenoxy) is 1. The average Bonchev–Trinajstić information content (AvgIpc) is 2.61. The Morgan fingerprint density at radius 1 is 1.36 bits per heavy atom. The lowest BCUT2D eigenvalue weighted by molar-refractivity contribution is 0.249. The van der Waals surface area contributed by atoms with Crippen LogP contribution in [0.1, 0.15) is 25.5 Å². The van der Waals surface area contributed by atoms with Crippen molar-refractivity contribution in [3.05, 3.63) is 50.8 Å². The lowest BCUT2D eigenvalue weighted by Gasteiger charge is -2.18. The molecule has 0 aliphatic carbocycles. The Hall–Kier alpha value is -2.88. The van der Waals surface area contributed by atoms with Crippen molar-refractivity contribution >= 4 is 23.6 Å². The maximum atomic E-state index is 13.8. The summed E-state index contributed by atoms with van der Waals surface area (Å²) < 4.78 is 33.5. The number of nitrogens with one attached hydrogen (secondary N) is 2. The molecule has 28 heavy (non-hydrogen) atoms. The number of anilines is 1. The van der Waals surface area contributed by atoms with E-state index in [1.54, 1.807) is 13.8 Å². The summed E-state index contributed by atoms with van der Waals surface area (Å²) in [4.78, 5) is 27.5. The van der Waals surface area contributed by atoms with E-state index in [2.05, 4.69) is 15.6 Å². The fourth-order valence-corrected chi connectivity index (χ4v) is 2.52. The predicted molar refractivity (Wildman–Crippen MR) is 101 cm³/mol. The van der Waals surface area contributed by atoms with Gasteiger partial charge in [-0.3, -0.25) is 9.36 Å². The zero-order chi connectivity index (χ0) is 20.8. The molecule has 0 aliphatic heterocycles. The van der Waals surface area contributed by atoms with Gasteiger partial charge in [0, 0.05) is 30.8 Å². The van der Waals surface area contributed by atoms with Crippen LogP contribution in [0.15, 0.2) is 23.0 Å².